The highest BCUT2D eigenvalue weighted by Gasteiger charge is 2.32. The number of benzene rings is 1. The van der Waals surface area contributed by atoms with Gasteiger partial charge in [-0.25, -0.2) is 0 Å². The summed E-state index contributed by atoms with van der Waals surface area (Å²) in [5.74, 6) is 0.952. The van der Waals surface area contributed by atoms with Crippen LogP contribution in [0, 0.1) is 0 Å². The van der Waals surface area contributed by atoms with Gasteiger partial charge in [-0.1, -0.05) is 37.5 Å². The SMILES string of the molecule is CNC1(CC(=O)NCCOc2ccccc2)CCCCC1. The van der Waals surface area contributed by atoms with Gasteiger partial charge in [0.1, 0.15) is 12.4 Å². The molecule has 0 spiro atoms. The van der Waals surface area contributed by atoms with E-state index < -0.39 is 0 Å². The van der Waals surface area contributed by atoms with E-state index in [2.05, 4.69) is 10.6 Å². The summed E-state index contributed by atoms with van der Waals surface area (Å²) in [5, 5.41) is 6.33. The van der Waals surface area contributed by atoms with E-state index in [1.165, 1.54) is 19.3 Å². The zero-order valence-electron chi connectivity index (χ0n) is 12.9. The maximum atomic E-state index is 12.1. The third-order valence-electron chi connectivity index (χ3n) is 4.28. The first-order valence-corrected chi connectivity index (χ1v) is 7.88. The maximum absolute atomic E-state index is 12.1. The number of carbonyl (C=O) groups is 1. The van der Waals surface area contributed by atoms with Crippen molar-refractivity contribution in [3.8, 4) is 5.75 Å². The third kappa shape index (κ3) is 5.05. The van der Waals surface area contributed by atoms with E-state index in [0.29, 0.717) is 19.6 Å². The fourth-order valence-electron chi connectivity index (χ4n) is 2.99. The molecule has 1 amide bonds. The fourth-order valence-corrected chi connectivity index (χ4v) is 2.99. The first-order valence-electron chi connectivity index (χ1n) is 7.88. The lowest BCUT2D eigenvalue weighted by Gasteiger charge is -2.36. The molecule has 2 N–H and O–H groups in total. The van der Waals surface area contributed by atoms with Crippen LogP contribution in [0.3, 0.4) is 0 Å². The van der Waals surface area contributed by atoms with E-state index in [1.54, 1.807) is 0 Å². The molecule has 0 aliphatic heterocycles. The lowest BCUT2D eigenvalue weighted by atomic mass is 9.79. The third-order valence-corrected chi connectivity index (χ3v) is 4.28. The molecule has 0 aromatic heterocycles. The second kappa shape index (κ2) is 8.03. The van der Waals surface area contributed by atoms with Gasteiger partial charge in [0.2, 0.25) is 5.91 Å². The zero-order valence-corrected chi connectivity index (χ0v) is 12.9. The number of hydrogen-bond donors (Lipinski definition) is 2. The Kier molecular flexibility index (Phi) is 6.05. The largest absolute Gasteiger partial charge is 0.492 e. The van der Waals surface area contributed by atoms with Crippen LogP contribution in [-0.4, -0.2) is 31.6 Å². The summed E-state index contributed by atoms with van der Waals surface area (Å²) in [4.78, 5) is 12.1. The van der Waals surface area contributed by atoms with Crippen molar-refractivity contribution >= 4 is 5.91 Å². The van der Waals surface area contributed by atoms with E-state index in [1.807, 2.05) is 37.4 Å². The van der Waals surface area contributed by atoms with Gasteiger partial charge in [-0.3, -0.25) is 4.79 Å². The highest BCUT2D eigenvalue weighted by Crippen LogP contribution is 2.30. The fraction of sp³-hybridized carbons (Fsp3) is 0.588. The van der Waals surface area contributed by atoms with E-state index in [9.17, 15) is 4.79 Å². The summed E-state index contributed by atoms with van der Waals surface area (Å²) in [6, 6.07) is 9.66. The second-order valence-corrected chi connectivity index (χ2v) is 5.78. The summed E-state index contributed by atoms with van der Waals surface area (Å²) >= 11 is 0. The van der Waals surface area contributed by atoms with Crippen LogP contribution in [0.15, 0.2) is 30.3 Å². The van der Waals surface area contributed by atoms with Gasteiger partial charge >= 0.3 is 0 Å². The number of hydrogen-bond acceptors (Lipinski definition) is 3. The average Bonchev–Trinajstić information content (AvgIpc) is 2.53. The molecule has 1 aliphatic carbocycles. The predicted molar refractivity (Wildman–Crippen MR) is 84.4 cm³/mol. The standard InChI is InChI=1S/C17H26N2O2/c1-18-17(10-6-3-7-11-17)14-16(20)19-12-13-21-15-8-4-2-5-9-15/h2,4-5,8-9,18H,3,6-7,10-14H2,1H3,(H,19,20). The predicted octanol–water partition coefficient (Wildman–Crippen LogP) is 2.49. The molecule has 1 fully saturated rings. The van der Waals surface area contributed by atoms with Crippen LogP contribution in [0.2, 0.25) is 0 Å². The minimum absolute atomic E-state index is 0.00260. The van der Waals surface area contributed by atoms with Gasteiger partial charge in [-0.15, -0.1) is 0 Å². The number of nitrogens with one attached hydrogen (secondary N) is 2. The first kappa shape index (κ1) is 15.8. The summed E-state index contributed by atoms with van der Waals surface area (Å²) < 4.78 is 5.57. The van der Waals surface area contributed by atoms with Crippen LogP contribution in [0.25, 0.3) is 0 Å². The van der Waals surface area contributed by atoms with Crippen molar-refractivity contribution in [2.24, 2.45) is 0 Å². The van der Waals surface area contributed by atoms with Crippen LogP contribution in [0.1, 0.15) is 38.5 Å². The number of rotatable bonds is 7. The molecule has 1 aromatic rings. The molecule has 116 valence electrons. The Bertz CT molecular complexity index is 428. The van der Waals surface area contributed by atoms with Crippen molar-refractivity contribution in [2.45, 2.75) is 44.1 Å². The first-order chi connectivity index (χ1) is 10.2. The molecule has 0 heterocycles. The summed E-state index contributed by atoms with van der Waals surface area (Å²) in [6.07, 6.45) is 6.47. The lowest BCUT2D eigenvalue weighted by molar-refractivity contribution is -0.123. The Hall–Kier alpha value is -1.55. The van der Waals surface area contributed by atoms with Crippen molar-refractivity contribution in [1.82, 2.24) is 10.6 Å². The Morgan fingerprint density at radius 2 is 1.90 bits per heavy atom. The zero-order chi connectivity index (χ0) is 15.0. The van der Waals surface area contributed by atoms with Gasteiger partial charge in [0.25, 0.3) is 0 Å². The summed E-state index contributed by atoms with van der Waals surface area (Å²) in [7, 11) is 1.97. The molecule has 4 nitrogen and oxygen atoms in total. The average molecular weight is 290 g/mol. The number of carbonyl (C=O) groups excluding carboxylic acids is 1. The van der Waals surface area contributed by atoms with Crippen molar-refractivity contribution in [2.75, 3.05) is 20.2 Å². The minimum Gasteiger partial charge on any atom is -0.492 e. The van der Waals surface area contributed by atoms with Gasteiger partial charge in [0.15, 0.2) is 0 Å². The van der Waals surface area contributed by atoms with Crippen LogP contribution in [-0.2, 0) is 4.79 Å². The van der Waals surface area contributed by atoms with E-state index in [0.717, 1.165) is 18.6 Å². The van der Waals surface area contributed by atoms with Gasteiger partial charge in [0.05, 0.1) is 6.54 Å². The van der Waals surface area contributed by atoms with Crippen LogP contribution < -0.4 is 15.4 Å². The molecule has 2 rings (SSSR count). The monoisotopic (exact) mass is 290 g/mol. The van der Waals surface area contributed by atoms with Gasteiger partial charge in [-0.05, 0) is 32.0 Å². The minimum atomic E-state index is 0.00260. The highest BCUT2D eigenvalue weighted by atomic mass is 16.5. The Balaban J connectivity index is 1.67. The normalized spacial score (nSPS) is 17.2. The van der Waals surface area contributed by atoms with Crippen LogP contribution in [0.5, 0.6) is 5.75 Å². The van der Waals surface area contributed by atoms with Crippen molar-refractivity contribution in [3.05, 3.63) is 30.3 Å². The summed E-state index contributed by atoms with van der Waals surface area (Å²) in [5.41, 5.74) is 0.00260. The number of para-hydroxylation sites is 1. The molecule has 21 heavy (non-hydrogen) atoms. The molecule has 1 aromatic carbocycles. The Labute approximate surface area is 127 Å². The van der Waals surface area contributed by atoms with Gasteiger partial charge in [0, 0.05) is 12.0 Å². The highest BCUT2D eigenvalue weighted by molar-refractivity contribution is 5.77. The molecule has 0 saturated heterocycles. The Morgan fingerprint density at radius 1 is 1.19 bits per heavy atom. The number of amides is 1. The van der Waals surface area contributed by atoms with Crippen molar-refractivity contribution < 1.29 is 9.53 Å². The molecule has 1 aliphatic rings. The van der Waals surface area contributed by atoms with E-state index >= 15 is 0 Å². The quantitative estimate of drug-likeness (QED) is 0.759. The van der Waals surface area contributed by atoms with Crippen LogP contribution in [0.4, 0.5) is 0 Å². The molecular formula is C17H26N2O2. The molecule has 0 atom stereocenters. The van der Waals surface area contributed by atoms with E-state index in [4.69, 9.17) is 4.74 Å². The molecule has 0 unspecified atom stereocenters. The van der Waals surface area contributed by atoms with E-state index in [-0.39, 0.29) is 11.4 Å². The second-order valence-electron chi connectivity index (χ2n) is 5.78. The summed E-state index contributed by atoms with van der Waals surface area (Å²) in [6.45, 7) is 1.05. The number of ether oxygens (including phenoxy) is 1. The lowest BCUT2D eigenvalue weighted by Crippen LogP contribution is -2.48. The molecular weight excluding hydrogens is 264 g/mol. The van der Waals surface area contributed by atoms with Crippen LogP contribution >= 0.6 is 0 Å². The molecule has 1 saturated carbocycles. The van der Waals surface area contributed by atoms with Gasteiger partial charge < -0.3 is 15.4 Å². The maximum Gasteiger partial charge on any atom is 0.221 e. The molecule has 4 heteroatoms. The molecule has 0 bridgehead atoms. The van der Waals surface area contributed by atoms with Crippen molar-refractivity contribution in [1.29, 1.82) is 0 Å². The topological polar surface area (TPSA) is 50.4 Å². The Morgan fingerprint density at radius 3 is 2.57 bits per heavy atom. The molecule has 0 radical (unpaired) electrons. The van der Waals surface area contributed by atoms with Gasteiger partial charge in [-0.2, -0.15) is 0 Å². The van der Waals surface area contributed by atoms with Crippen molar-refractivity contribution in [3.63, 3.8) is 0 Å². The smallest absolute Gasteiger partial charge is 0.221 e.